The normalized spacial score (nSPS) is 19.7. The van der Waals surface area contributed by atoms with E-state index in [0.717, 1.165) is 48.7 Å². The summed E-state index contributed by atoms with van der Waals surface area (Å²) in [5, 5.41) is 3.13. The summed E-state index contributed by atoms with van der Waals surface area (Å²) in [6.07, 6.45) is 3.00. The first-order chi connectivity index (χ1) is 13.4. The number of aromatic nitrogens is 2. The Bertz CT molecular complexity index is 846. The summed E-state index contributed by atoms with van der Waals surface area (Å²) >= 11 is 0. The Kier molecular flexibility index (Phi) is 5.06. The summed E-state index contributed by atoms with van der Waals surface area (Å²) < 4.78 is 0. The smallest absolute Gasteiger partial charge is 0.318 e. The molecule has 0 spiro atoms. The molecule has 2 aromatic rings. The van der Waals surface area contributed by atoms with Gasteiger partial charge in [-0.05, 0) is 39.7 Å². The predicted octanol–water partition coefficient (Wildman–Crippen LogP) is 3.29. The van der Waals surface area contributed by atoms with Gasteiger partial charge in [0.05, 0.1) is 18.8 Å². The predicted molar refractivity (Wildman–Crippen MR) is 110 cm³/mol. The number of amides is 2. The quantitative estimate of drug-likeness (QED) is 0.889. The lowest BCUT2D eigenvalue weighted by Gasteiger charge is -2.31. The average Bonchev–Trinajstić information content (AvgIpc) is 3.33. The highest BCUT2D eigenvalue weighted by molar-refractivity contribution is 5.75. The van der Waals surface area contributed by atoms with Crippen molar-refractivity contribution < 1.29 is 4.79 Å². The molecule has 0 aliphatic carbocycles. The largest absolute Gasteiger partial charge is 0.338 e. The molecular weight excluding hydrogens is 350 g/mol. The highest BCUT2D eigenvalue weighted by atomic mass is 16.2. The molecule has 2 amide bonds. The van der Waals surface area contributed by atoms with Crippen LogP contribution in [-0.2, 0) is 13.1 Å². The fourth-order valence-corrected chi connectivity index (χ4v) is 3.98. The fraction of sp³-hybridized carbons (Fsp3) is 0.500. The number of hydrogen-bond acceptors (Lipinski definition) is 4. The van der Waals surface area contributed by atoms with Crippen LogP contribution in [0.1, 0.15) is 38.4 Å². The van der Waals surface area contributed by atoms with Gasteiger partial charge in [-0.3, -0.25) is 4.90 Å². The lowest BCUT2D eigenvalue weighted by molar-refractivity contribution is 0.167. The molecule has 1 N–H and O–H groups in total. The molecule has 6 nitrogen and oxygen atoms in total. The van der Waals surface area contributed by atoms with E-state index >= 15 is 0 Å². The van der Waals surface area contributed by atoms with E-state index in [1.54, 1.807) is 0 Å². The summed E-state index contributed by atoms with van der Waals surface area (Å²) in [5.41, 5.74) is 3.18. The van der Waals surface area contributed by atoms with Crippen molar-refractivity contribution in [1.29, 1.82) is 0 Å². The zero-order valence-corrected chi connectivity index (χ0v) is 17.0. The van der Waals surface area contributed by atoms with Gasteiger partial charge in [-0.2, -0.15) is 0 Å². The second-order valence-electron chi connectivity index (χ2n) is 8.85. The Morgan fingerprint density at radius 3 is 2.71 bits per heavy atom. The van der Waals surface area contributed by atoms with Gasteiger partial charge >= 0.3 is 6.03 Å². The van der Waals surface area contributed by atoms with Gasteiger partial charge in [0.1, 0.15) is 0 Å². The Morgan fingerprint density at radius 1 is 1.21 bits per heavy atom. The molecule has 0 radical (unpaired) electrons. The molecule has 0 bridgehead atoms. The molecule has 0 unspecified atom stereocenters. The van der Waals surface area contributed by atoms with Gasteiger partial charge < -0.3 is 10.2 Å². The highest BCUT2D eigenvalue weighted by Gasteiger charge is 2.31. The van der Waals surface area contributed by atoms with Crippen LogP contribution in [0, 0.1) is 5.92 Å². The minimum absolute atomic E-state index is 0.00605. The number of likely N-dealkylation sites (tertiary alicyclic amines) is 1. The third kappa shape index (κ3) is 4.02. The van der Waals surface area contributed by atoms with Crippen LogP contribution in [0.2, 0.25) is 0 Å². The molecule has 1 aromatic carbocycles. The summed E-state index contributed by atoms with van der Waals surface area (Å²) in [4.78, 5) is 26.1. The first kappa shape index (κ1) is 18.9. The van der Waals surface area contributed by atoms with Crippen molar-refractivity contribution in [2.45, 2.75) is 45.8 Å². The monoisotopic (exact) mass is 379 g/mol. The molecule has 4 rings (SSSR count). The molecular formula is C22H29N5O. The maximum Gasteiger partial charge on any atom is 0.318 e. The van der Waals surface area contributed by atoms with Crippen LogP contribution < -0.4 is 5.32 Å². The van der Waals surface area contributed by atoms with Crippen molar-refractivity contribution in [1.82, 2.24) is 25.1 Å². The van der Waals surface area contributed by atoms with E-state index in [1.165, 1.54) is 0 Å². The molecule has 148 valence electrons. The third-order valence-corrected chi connectivity index (χ3v) is 5.75. The second-order valence-corrected chi connectivity index (χ2v) is 8.85. The van der Waals surface area contributed by atoms with Crippen molar-refractivity contribution in [2.75, 3.05) is 19.6 Å². The molecule has 0 saturated carbocycles. The summed E-state index contributed by atoms with van der Waals surface area (Å²) in [7, 11) is 0. The molecule has 1 aromatic heterocycles. The van der Waals surface area contributed by atoms with Crippen molar-refractivity contribution in [2.24, 2.45) is 5.92 Å². The van der Waals surface area contributed by atoms with E-state index in [9.17, 15) is 4.79 Å². The number of rotatable bonds is 3. The minimum Gasteiger partial charge on any atom is -0.338 e. The highest BCUT2D eigenvalue weighted by Crippen LogP contribution is 2.25. The van der Waals surface area contributed by atoms with Crippen molar-refractivity contribution in [3.63, 3.8) is 0 Å². The van der Waals surface area contributed by atoms with Gasteiger partial charge in [-0.1, -0.05) is 30.3 Å². The standard InChI is InChI=1S/C22H29N5O/c1-22(2,3)27-10-9-16(13-27)11-24-21(28)26-14-18-12-23-20(25-19(18)15-26)17-7-5-4-6-8-17/h4-8,12,16H,9-11,13-15H2,1-3H3,(H,24,28)/t16-/m1/s1. The van der Waals surface area contributed by atoms with Crippen LogP contribution in [-0.4, -0.2) is 51.0 Å². The van der Waals surface area contributed by atoms with Crippen molar-refractivity contribution in [3.05, 3.63) is 47.8 Å². The van der Waals surface area contributed by atoms with Crippen LogP contribution in [0.3, 0.4) is 0 Å². The van der Waals surface area contributed by atoms with E-state index in [4.69, 9.17) is 4.98 Å². The number of nitrogens with one attached hydrogen (secondary N) is 1. The second kappa shape index (κ2) is 7.51. The van der Waals surface area contributed by atoms with Crippen LogP contribution in [0.5, 0.6) is 0 Å². The molecule has 6 heteroatoms. The lowest BCUT2D eigenvalue weighted by atomic mass is 10.1. The Balaban J connectivity index is 1.33. The van der Waals surface area contributed by atoms with Crippen LogP contribution >= 0.6 is 0 Å². The van der Waals surface area contributed by atoms with Crippen molar-refractivity contribution >= 4 is 6.03 Å². The number of fused-ring (bicyclic) bond motifs is 1. The van der Waals surface area contributed by atoms with E-state index in [1.807, 2.05) is 41.4 Å². The number of carbonyl (C=O) groups excluding carboxylic acids is 1. The number of hydrogen-bond donors (Lipinski definition) is 1. The zero-order valence-electron chi connectivity index (χ0n) is 17.0. The van der Waals surface area contributed by atoms with Crippen LogP contribution in [0.15, 0.2) is 36.5 Å². The number of nitrogens with zero attached hydrogens (tertiary/aromatic N) is 4. The summed E-state index contributed by atoms with van der Waals surface area (Å²) in [5.74, 6) is 1.24. The van der Waals surface area contributed by atoms with Gasteiger partial charge in [0.25, 0.3) is 0 Å². The third-order valence-electron chi connectivity index (χ3n) is 5.75. The number of urea groups is 1. The number of carbonyl (C=O) groups is 1. The van der Waals surface area contributed by atoms with Gasteiger partial charge in [-0.15, -0.1) is 0 Å². The molecule has 2 aliphatic heterocycles. The fourth-order valence-electron chi connectivity index (χ4n) is 3.98. The van der Waals surface area contributed by atoms with Gasteiger partial charge in [0.2, 0.25) is 0 Å². The number of benzene rings is 1. The molecule has 1 fully saturated rings. The summed E-state index contributed by atoms with van der Waals surface area (Å²) in [6.45, 7) is 10.8. The Hall–Kier alpha value is -2.47. The van der Waals surface area contributed by atoms with E-state index in [-0.39, 0.29) is 11.6 Å². The zero-order chi connectivity index (χ0) is 19.7. The first-order valence-corrected chi connectivity index (χ1v) is 10.1. The average molecular weight is 380 g/mol. The maximum atomic E-state index is 12.7. The Morgan fingerprint density at radius 2 is 2.00 bits per heavy atom. The topological polar surface area (TPSA) is 61.4 Å². The van der Waals surface area contributed by atoms with Gasteiger partial charge in [0, 0.05) is 36.0 Å². The van der Waals surface area contributed by atoms with Gasteiger partial charge in [-0.25, -0.2) is 14.8 Å². The van der Waals surface area contributed by atoms with E-state index in [0.29, 0.717) is 19.0 Å². The minimum atomic E-state index is -0.00605. The van der Waals surface area contributed by atoms with E-state index in [2.05, 4.69) is 36.0 Å². The van der Waals surface area contributed by atoms with Crippen LogP contribution in [0.4, 0.5) is 4.79 Å². The van der Waals surface area contributed by atoms with E-state index < -0.39 is 0 Å². The molecule has 1 saturated heterocycles. The summed E-state index contributed by atoms with van der Waals surface area (Å²) in [6, 6.07) is 9.94. The first-order valence-electron chi connectivity index (χ1n) is 10.1. The van der Waals surface area contributed by atoms with Crippen LogP contribution in [0.25, 0.3) is 11.4 Å². The molecule has 2 aliphatic rings. The lowest BCUT2D eigenvalue weighted by Crippen LogP contribution is -2.42. The molecule has 28 heavy (non-hydrogen) atoms. The molecule has 3 heterocycles. The Labute approximate surface area is 167 Å². The molecule has 1 atom stereocenters. The SMILES string of the molecule is CC(C)(C)N1CC[C@H](CNC(=O)N2Cc3cnc(-c4ccccc4)nc3C2)C1. The van der Waals surface area contributed by atoms with Gasteiger partial charge in [0.15, 0.2) is 5.82 Å². The maximum absolute atomic E-state index is 12.7. The van der Waals surface area contributed by atoms with Crippen molar-refractivity contribution in [3.8, 4) is 11.4 Å².